The van der Waals surface area contributed by atoms with Gasteiger partial charge >= 0.3 is 0 Å². The van der Waals surface area contributed by atoms with Crippen molar-refractivity contribution in [2.24, 2.45) is 5.92 Å². The predicted molar refractivity (Wildman–Crippen MR) is 51.5 cm³/mol. The number of thiazole rings is 1. The Labute approximate surface area is 77.0 Å². The zero-order valence-corrected chi connectivity index (χ0v) is 8.32. The Morgan fingerprint density at radius 1 is 1.83 bits per heavy atom. The van der Waals surface area contributed by atoms with Crippen LogP contribution in [-0.2, 0) is 5.41 Å². The predicted octanol–water partition coefficient (Wildman–Crippen LogP) is 1.64. The van der Waals surface area contributed by atoms with Gasteiger partial charge in [-0.1, -0.05) is 6.92 Å². The maximum absolute atomic E-state index is 4.37. The van der Waals surface area contributed by atoms with E-state index in [1.54, 1.807) is 11.3 Å². The van der Waals surface area contributed by atoms with E-state index in [2.05, 4.69) is 22.6 Å². The fourth-order valence-electron chi connectivity index (χ4n) is 1.76. The Morgan fingerprint density at radius 2 is 2.67 bits per heavy atom. The zero-order valence-electron chi connectivity index (χ0n) is 7.50. The standard InChI is InChI=1S/C9H14N2S/c1-9(5-7(9)6-10-2)8-11-3-4-12-8/h3-4,7,10H,5-6H2,1-2H3. The molecule has 1 saturated carbocycles. The lowest BCUT2D eigenvalue weighted by atomic mass is 10.1. The van der Waals surface area contributed by atoms with Gasteiger partial charge in [-0.25, -0.2) is 4.98 Å². The van der Waals surface area contributed by atoms with Crippen LogP contribution in [0.3, 0.4) is 0 Å². The second kappa shape index (κ2) is 2.82. The van der Waals surface area contributed by atoms with Crippen molar-refractivity contribution in [1.82, 2.24) is 10.3 Å². The molecule has 0 aliphatic heterocycles. The van der Waals surface area contributed by atoms with Gasteiger partial charge in [0.15, 0.2) is 0 Å². The molecule has 2 unspecified atom stereocenters. The van der Waals surface area contributed by atoms with Crippen molar-refractivity contribution in [3.05, 3.63) is 16.6 Å². The third-order valence-electron chi connectivity index (χ3n) is 2.78. The van der Waals surface area contributed by atoms with Crippen LogP contribution in [-0.4, -0.2) is 18.6 Å². The lowest BCUT2D eigenvalue weighted by Crippen LogP contribution is -2.15. The SMILES string of the molecule is CNCC1CC1(C)c1nccs1. The molecule has 1 aliphatic rings. The summed E-state index contributed by atoms with van der Waals surface area (Å²) in [5.74, 6) is 0.800. The first kappa shape index (κ1) is 8.20. The van der Waals surface area contributed by atoms with Gasteiger partial charge in [0.1, 0.15) is 0 Å². The fourth-order valence-corrected chi connectivity index (χ4v) is 2.66. The highest BCUT2D eigenvalue weighted by Crippen LogP contribution is 2.53. The maximum atomic E-state index is 4.37. The molecule has 0 aromatic carbocycles. The summed E-state index contributed by atoms with van der Waals surface area (Å²) in [4.78, 5) is 4.37. The summed E-state index contributed by atoms with van der Waals surface area (Å²) in [6, 6.07) is 0. The molecule has 1 aliphatic carbocycles. The summed E-state index contributed by atoms with van der Waals surface area (Å²) in [6.45, 7) is 3.43. The molecule has 2 rings (SSSR count). The molecular formula is C9H14N2S. The molecule has 2 atom stereocenters. The van der Waals surface area contributed by atoms with Crippen LogP contribution in [0.25, 0.3) is 0 Å². The molecule has 12 heavy (non-hydrogen) atoms. The van der Waals surface area contributed by atoms with E-state index in [1.807, 2.05) is 13.2 Å². The summed E-state index contributed by atoms with van der Waals surface area (Å²) in [5.41, 5.74) is 0.386. The van der Waals surface area contributed by atoms with Gasteiger partial charge in [-0.2, -0.15) is 0 Å². The van der Waals surface area contributed by atoms with Crippen LogP contribution in [0.15, 0.2) is 11.6 Å². The van der Waals surface area contributed by atoms with Crippen molar-refractivity contribution in [2.45, 2.75) is 18.8 Å². The third kappa shape index (κ3) is 1.17. The van der Waals surface area contributed by atoms with Crippen LogP contribution in [0, 0.1) is 5.92 Å². The highest BCUT2D eigenvalue weighted by Gasteiger charge is 2.52. The lowest BCUT2D eigenvalue weighted by Gasteiger charge is -2.06. The average molecular weight is 182 g/mol. The first-order chi connectivity index (χ1) is 5.77. The summed E-state index contributed by atoms with van der Waals surface area (Å²) in [5, 5.41) is 6.60. The van der Waals surface area contributed by atoms with Crippen molar-refractivity contribution in [1.29, 1.82) is 0 Å². The number of nitrogens with one attached hydrogen (secondary N) is 1. The van der Waals surface area contributed by atoms with Gasteiger partial charge in [-0.3, -0.25) is 0 Å². The Morgan fingerprint density at radius 3 is 3.25 bits per heavy atom. The fraction of sp³-hybridized carbons (Fsp3) is 0.667. The third-order valence-corrected chi connectivity index (χ3v) is 3.84. The van der Waals surface area contributed by atoms with Gasteiger partial charge in [0.05, 0.1) is 5.01 Å². The van der Waals surface area contributed by atoms with E-state index in [-0.39, 0.29) is 0 Å². The molecule has 1 fully saturated rings. The van der Waals surface area contributed by atoms with Crippen molar-refractivity contribution in [3.63, 3.8) is 0 Å². The topological polar surface area (TPSA) is 24.9 Å². The number of aromatic nitrogens is 1. The molecule has 3 heteroatoms. The molecule has 0 radical (unpaired) electrons. The van der Waals surface area contributed by atoms with Gasteiger partial charge in [-0.15, -0.1) is 11.3 Å². The molecular weight excluding hydrogens is 168 g/mol. The van der Waals surface area contributed by atoms with E-state index < -0.39 is 0 Å². The van der Waals surface area contributed by atoms with E-state index in [0.29, 0.717) is 5.41 Å². The number of rotatable bonds is 3. The maximum Gasteiger partial charge on any atom is 0.0987 e. The van der Waals surface area contributed by atoms with Crippen LogP contribution in [0.2, 0.25) is 0 Å². The monoisotopic (exact) mass is 182 g/mol. The van der Waals surface area contributed by atoms with E-state index >= 15 is 0 Å². The van der Waals surface area contributed by atoms with Gasteiger partial charge in [0.25, 0.3) is 0 Å². The first-order valence-corrected chi connectivity index (χ1v) is 5.20. The molecule has 2 nitrogen and oxygen atoms in total. The molecule has 0 saturated heterocycles. The van der Waals surface area contributed by atoms with Gasteiger partial charge in [-0.05, 0) is 25.9 Å². The molecule has 1 heterocycles. The largest absolute Gasteiger partial charge is 0.319 e. The minimum Gasteiger partial charge on any atom is -0.319 e. The molecule has 0 amide bonds. The smallest absolute Gasteiger partial charge is 0.0987 e. The molecule has 0 spiro atoms. The number of hydrogen-bond donors (Lipinski definition) is 1. The number of nitrogens with zero attached hydrogens (tertiary/aromatic N) is 1. The summed E-state index contributed by atoms with van der Waals surface area (Å²) in [7, 11) is 2.01. The van der Waals surface area contributed by atoms with Crippen LogP contribution in [0.1, 0.15) is 18.4 Å². The summed E-state index contributed by atoms with van der Waals surface area (Å²) < 4.78 is 0. The van der Waals surface area contributed by atoms with Gasteiger partial charge in [0.2, 0.25) is 0 Å². The lowest BCUT2D eigenvalue weighted by molar-refractivity contribution is 0.614. The second-order valence-electron chi connectivity index (χ2n) is 3.71. The zero-order chi connectivity index (χ0) is 8.60. The molecule has 0 bridgehead atoms. The minimum absolute atomic E-state index is 0.386. The average Bonchev–Trinajstić information content (AvgIpc) is 2.57. The summed E-state index contributed by atoms with van der Waals surface area (Å²) in [6.07, 6.45) is 3.20. The van der Waals surface area contributed by atoms with Crippen LogP contribution in [0.5, 0.6) is 0 Å². The molecule has 1 N–H and O–H groups in total. The molecule has 1 aromatic heterocycles. The van der Waals surface area contributed by atoms with Crippen LogP contribution >= 0.6 is 11.3 Å². The van der Waals surface area contributed by atoms with Crippen molar-refractivity contribution >= 4 is 11.3 Å². The van der Waals surface area contributed by atoms with E-state index in [9.17, 15) is 0 Å². The number of hydrogen-bond acceptors (Lipinski definition) is 3. The van der Waals surface area contributed by atoms with Gasteiger partial charge < -0.3 is 5.32 Å². The highest BCUT2D eigenvalue weighted by molar-refractivity contribution is 7.09. The molecule has 66 valence electrons. The quantitative estimate of drug-likeness (QED) is 0.768. The molecule has 1 aromatic rings. The Bertz CT molecular complexity index is 258. The van der Waals surface area contributed by atoms with E-state index in [4.69, 9.17) is 0 Å². The van der Waals surface area contributed by atoms with Crippen molar-refractivity contribution in [3.8, 4) is 0 Å². The van der Waals surface area contributed by atoms with Gasteiger partial charge in [0, 0.05) is 17.0 Å². The van der Waals surface area contributed by atoms with E-state index in [0.717, 1.165) is 12.5 Å². The Hall–Kier alpha value is -0.410. The minimum atomic E-state index is 0.386. The Balaban J connectivity index is 2.07. The van der Waals surface area contributed by atoms with Crippen LogP contribution in [0.4, 0.5) is 0 Å². The highest BCUT2D eigenvalue weighted by atomic mass is 32.1. The van der Waals surface area contributed by atoms with E-state index in [1.165, 1.54) is 11.4 Å². The Kier molecular flexibility index (Phi) is 1.93. The van der Waals surface area contributed by atoms with Crippen LogP contribution < -0.4 is 5.32 Å². The summed E-state index contributed by atoms with van der Waals surface area (Å²) >= 11 is 1.78. The van der Waals surface area contributed by atoms with Crippen molar-refractivity contribution in [2.75, 3.05) is 13.6 Å². The normalized spacial score (nSPS) is 33.7. The second-order valence-corrected chi connectivity index (χ2v) is 4.61. The van der Waals surface area contributed by atoms with Crippen molar-refractivity contribution < 1.29 is 0 Å². The first-order valence-electron chi connectivity index (χ1n) is 4.32.